The Labute approximate surface area is 139 Å². The van der Waals surface area contributed by atoms with E-state index in [1.165, 1.54) is 35.6 Å². The summed E-state index contributed by atoms with van der Waals surface area (Å²) in [6, 6.07) is 10.4. The molecule has 0 saturated carbocycles. The second kappa shape index (κ2) is 6.27. The summed E-state index contributed by atoms with van der Waals surface area (Å²) in [6.45, 7) is 0. The van der Waals surface area contributed by atoms with Gasteiger partial charge in [-0.2, -0.15) is 0 Å². The fourth-order valence-corrected chi connectivity index (χ4v) is 3.07. The monoisotopic (exact) mass is 347 g/mol. The second-order valence-electron chi connectivity index (χ2n) is 4.56. The molecule has 0 bridgehead atoms. The van der Waals surface area contributed by atoms with Gasteiger partial charge in [0, 0.05) is 0 Å². The molecule has 1 heterocycles. The third-order valence-corrected chi connectivity index (χ3v) is 4.08. The highest BCUT2D eigenvalue weighted by molar-refractivity contribution is 7.80. The number of halogens is 1. The molecule has 2 aromatic carbocycles. The normalized spacial score (nSPS) is 10.5. The lowest BCUT2D eigenvalue weighted by molar-refractivity contribution is 0.0974. The largest absolute Gasteiger partial charge is 0.508 e. The maximum Gasteiger partial charge on any atom is 0.260 e. The van der Waals surface area contributed by atoms with Gasteiger partial charge in [0.25, 0.3) is 5.91 Å². The smallest absolute Gasteiger partial charge is 0.260 e. The molecule has 8 heteroatoms. The lowest BCUT2D eigenvalue weighted by Gasteiger charge is -2.07. The molecule has 0 aliphatic rings. The molecule has 1 aromatic heterocycles. The van der Waals surface area contributed by atoms with E-state index in [0.717, 1.165) is 4.70 Å². The van der Waals surface area contributed by atoms with Gasteiger partial charge in [0.15, 0.2) is 10.2 Å². The first-order chi connectivity index (χ1) is 11.0. The molecule has 0 radical (unpaired) electrons. The summed E-state index contributed by atoms with van der Waals surface area (Å²) < 4.78 is 14.3. The zero-order valence-electron chi connectivity index (χ0n) is 11.5. The summed E-state index contributed by atoms with van der Waals surface area (Å²) in [7, 11) is 0. The molecular weight excluding hydrogens is 337 g/mol. The van der Waals surface area contributed by atoms with Crippen LogP contribution in [0.1, 0.15) is 10.4 Å². The first kappa shape index (κ1) is 15.3. The van der Waals surface area contributed by atoms with Crippen LogP contribution in [0.15, 0.2) is 42.5 Å². The number of phenolic OH excluding ortho intramolecular Hbond substituents is 1. The average molecular weight is 347 g/mol. The third-order valence-electron chi connectivity index (χ3n) is 2.94. The van der Waals surface area contributed by atoms with Gasteiger partial charge in [-0.15, -0.1) is 0 Å². The van der Waals surface area contributed by atoms with Crippen LogP contribution >= 0.6 is 23.6 Å². The Balaban J connectivity index is 1.71. The van der Waals surface area contributed by atoms with Crippen LogP contribution in [0.5, 0.6) is 5.75 Å². The number of carbonyl (C=O) groups is 1. The van der Waals surface area contributed by atoms with Crippen LogP contribution in [0, 0.1) is 5.82 Å². The minimum atomic E-state index is -0.639. The van der Waals surface area contributed by atoms with E-state index in [9.17, 15) is 14.3 Å². The van der Waals surface area contributed by atoms with Crippen molar-refractivity contribution < 1.29 is 14.3 Å². The summed E-state index contributed by atoms with van der Waals surface area (Å²) >= 11 is 6.31. The van der Waals surface area contributed by atoms with Gasteiger partial charge in [-0.25, -0.2) is 9.37 Å². The Morgan fingerprint density at radius 3 is 2.83 bits per heavy atom. The number of nitrogens with zero attached hydrogens (tertiary/aromatic N) is 1. The number of thiocarbonyl (C=S) groups is 1. The van der Waals surface area contributed by atoms with Crippen LogP contribution in [0.2, 0.25) is 0 Å². The summed E-state index contributed by atoms with van der Waals surface area (Å²) in [5.41, 5.74) is 0.601. The van der Waals surface area contributed by atoms with Crippen molar-refractivity contribution in [1.29, 1.82) is 0 Å². The molecule has 1 amide bonds. The van der Waals surface area contributed by atoms with Crippen molar-refractivity contribution >= 4 is 49.9 Å². The zero-order valence-corrected chi connectivity index (χ0v) is 13.2. The number of amides is 1. The molecule has 0 aliphatic carbocycles. The van der Waals surface area contributed by atoms with Crippen molar-refractivity contribution in [3.05, 3.63) is 53.8 Å². The number of hydrogen-bond acceptors (Lipinski definition) is 5. The molecular formula is C15H10FN3O2S2. The number of aromatic nitrogens is 1. The maximum atomic E-state index is 13.5. The topological polar surface area (TPSA) is 74.2 Å². The number of thiazole rings is 1. The molecule has 0 unspecified atom stereocenters. The van der Waals surface area contributed by atoms with Crippen LogP contribution < -0.4 is 10.6 Å². The predicted molar refractivity (Wildman–Crippen MR) is 91.4 cm³/mol. The lowest BCUT2D eigenvalue weighted by atomic mass is 10.2. The predicted octanol–water partition coefficient (Wildman–Crippen LogP) is 3.27. The Hall–Kier alpha value is -2.58. The molecule has 23 heavy (non-hydrogen) atoms. The fourth-order valence-electron chi connectivity index (χ4n) is 1.91. The minimum Gasteiger partial charge on any atom is -0.508 e. The lowest BCUT2D eigenvalue weighted by Crippen LogP contribution is -2.34. The van der Waals surface area contributed by atoms with E-state index in [1.807, 2.05) is 0 Å². The van der Waals surface area contributed by atoms with Crippen molar-refractivity contribution in [3.8, 4) is 5.75 Å². The van der Waals surface area contributed by atoms with Crippen molar-refractivity contribution in [1.82, 2.24) is 10.3 Å². The number of nitrogens with one attached hydrogen (secondary N) is 2. The van der Waals surface area contributed by atoms with Crippen molar-refractivity contribution in [2.75, 3.05) is 5.32 Å². The number of hydrogen-bond donors (Lipinski definition) is 3. The third kappa shape index (κ3) is 3.43. The van der Waals surface area contributed by atoms with Gasteiger partial charge in [-0.3, -0.25) is 10.1 Å². The van der Waals surface area contributed by atoms with Crippen molar-refractivity contribution in [3.63, 3.8) is 0 Å². The standard InChI is InChI=1S/C15H10FN3O2S2/c16-10-4-2-1-3-9(10)13(21)18-14(22)19-15-17-11-6-5-8(20)7-12(11)23-15/h1-7,20H,(H2,17,18,19,21,22). The molecule has 0 aliphatic heterocycles. The van der Waals surface area contributed by atoms with E-state index in [4.69, 9.17) is 12.2 Å². The highest BCUT2D eigenvalue weighted by atomic mass is 32.1. The Bertz CT molecular complexity index is 911. The van der Waals surface area contributed by atoms with Crippen LogP contribution in [0.3, 0.4) is 0 Å². The minimum absolute atomic E-state index is 0.0153. The van der Waals surface area contributed by atoms with Gasteiger partial charge in [0.05, 0.1) is 15.8 Å². The number of phenols is 1. The summed E-state index contributed by atoms with van der Waals surface area (Å²) in [5.74, 6) is -1.12. The van der Waals surface area contributed by atoms with Crippen LogP contribution in [-0.4, -0.2) is 21.1 Å². The second-order valence-corrected chi connectivity index (χ2v) is 6.00. The maximum absolute atomic E-state index is 13.5. The first-order valence-electron chi connectivity index (χ1n) is 6.49. The molecule has 0 atom stereocenters. The quantitative estimate of drug-likeness (QED) is 0.621. The van der Waals surface area contributed by atoms with E-state index in [2.05, 4.69) is 15.6 Å². The molecule has 0 saturated heterocycles. The van der Waals surface area contributed by atoms with Crippen LogP contribution in [0.25, 0.3) is 10.2 Å². The number of anilines is 1. The van der Waals surface area contributed by atoms with Gasteiger partial charge in [0.1, 0.15) is 11.6 Å². The molecule has 116 valence electrons. The van der Waals surface area contributed by atoms with Gasteiger partial charge >= 0.3 is 0 Å². The number of fused-ring (bicyclic) bond motifs is 1. The van der Waals surface area contributed by atoms with Gasteiger partial charge < -0.3 is 10.4 Å². The number of aromatic hydroxyl groups is 1. The van der Waals surface area contributed by atoms with Gasteiger partial charge in [-0.1, -0.05) is 23.5 Å². The zero-order chi connectivity index (χ0) is 16.4. The van der Waals surface area contributed by atoms with E-state index in [-0.39, 0.29) is 16.4 Å². The van der Waals surface area contributed by atoms with Gasteiger partial charge in [-0.05, 0) is 42.5 Å². The first-order valence-corrected chi connectivity index (χ1v) is 7.72. The van der Waals surface area contributed by atoms with Crippen molar-refractivity contribution in [2.24, 2.45) is 0 Å². The molecule has 0 spiro atoms. The average Bonchev–Trinajstić information content (AvgIpc) is 2.88. The van der Waals surface area contributed by atoms with Crippen LogP contribution in [0.4, 0.5) is 9.52 Å². The number of benzene rings is 2. The van der Waals surface area contributed by atoms with Crippen molar-refractivity contribution in [2.45, 2.75) is 0 Å². The molecule has 5 nitrogen and oxygen atoms in total. The Morgan fingerprint density at radius 1 is 1.26 bits per heavy atom. The van der Waals surface area contributed by atoms with E-state index in [0.29, 0.717) is 10.6 Å². The highest BCUT2D eigenvalue weighted by Gasteiger charge is 2.13. The van der Waals surface area contributed by atoms with E-state index >= 15 is 0 Å². The molecule has 0 fully saturated rings. The number of carbonyl (C=O) groups excluding carboxylic acids is 1. The Morgan fingerprint density at radius 2 is 2.04 bits per heavy atom. The fraction of sp³-hybridized carbons (Fsp3) is 0. The Kier molecular flexibility index (Phi) is 4.18. The summed E-state index contributed by atoms with van der Waals surface area (Å²) in [6.07, 6.45) is 0. The number of rotatable bonds is 2. The van der Waals surface area contributed by atoms with E-state index < -0.39 is 11.7 Å². The van der Waals surface area contributed by atoms with E-state index in [1.54, 1.807) is 18.2 Å². The molecule has 3 aromatic rings. The van der Waals surface area contributed by atoms with Gasteiger partial charge in [0.2, 0.25) is 0 Å². The molecule has 3 rings (SSSR count). The summed E-state index contributed by atoms with van der Waals surface area (Å²) in [5, 5.41) is 15.1. The molecule has 3 N–H and O–H groups in total. The highest BCUT2D eigenvalue weighted by Crippen LogP contribution is 2.28. The van der Waals surface area contributed by atoms with Crippen LogP contribution in [-0.2, 0) is 0 Å². The SMILES string of the molecule is O=C(NC(=S)Nc1nc2ccc(O)cc2s1)c1ccccc1F. The summed E-state index contributed by atoms with van der Waals surface area (Å²) in [4.78, 5) is 16.2.